The Kier molecular flexibility index (Phi) is 6.89. The van der Waals surface area contributed by atoms with E-state index < -0.39 is 35.5 Å². The van der Waals surface area contributed by atoms with Gasteiger partial charge in [-0.2, -0.15) is 0 Å². The Morgan fingerprint density at radius 1 is 0.938 bits per heavy atom. The van der Waals surface area contributed by atoms with Crippen molar-refractivity contribution in [2.24, 2.45) is 0 Å². The van der Waals surface area contributed by atoms with E-state index in [2.05, 4.69) is 5.32 Å². The number of carbonyl (C=O) groups excluding carboxylic acids is 4. The molecule has 1 heterocycles. The highest BCUT2D eigenvalue weighted by Gasteiger charge is 2.40. The normalized spacial score (nSPS) is 14.0. The third-order valence-corrected chi connectivity index (χ3v) is 4.31. The summed E-state index contributed by atoms with van der Waals surface area (Å²) in [5.74, 6) is -2.57. The Morgan fingerprint density at radius 2 is 1.50 bits per heavy atom. The second-order valence-corrected chi connectivity index (χ2v) is 8.06. The van der Waals surface area contributed by atoms with Crippen LogP contribution in [0.25, 0.3) is 0 Å². The maximum absolute atomic E-state index is 12.8. The van der Waals surface area contributed by atoms with E-state index in [4.69, 9.17) is 14.3 Å². The third kappa shape index (κ3) is 5.70. The van der Waals surface area contributed by atoms with Crippen LogP contribution in [0, 0.1) is 0 Å². The van der Waals surface area contributed by atoms with E-state index in [1.807, 2.05) is 30.3 Å². The highest BCUT2D eigenvalue weighted by atomic mass is 16.7. The molecule has 0 radical (unpaired) electrons. The Labute approximate surface area is 185 Å². The summed E-state index contributed by atoms with van der Waals surface area (Å²) in [6.07, 6.45) is -0.870. The number of nitrogens with zero attached hydrogens (tertiary/aromatic N) is 1. The maximum atomic E-state index is 12.8. The van der Waals surface area contributed by atoms with Crippen LogP contribution in [0.5, 0.6) is 0 Å². The second kappa shape index (κ2) is 9.61. The zero-order valence-electron chi connectivity index (χ0n) is 18.0. The first-order valence-electron chi connectivity index (χ1n) is 9.96. The lowest BCUT2D eigenvalue weighted by molar-refractivity contribution is -0.172. The van der Waals surface area contributed by atoms with Gasteiger partial charge in [0.05, 0.1) is 24.3 Å². The monoisotopic (exact) mass is 440 g/mol. The highest BCUT2D eigenvalue weighted by molar-refractivity contribution is 6.20. The van der Waals surface area contributed by atoms with Crippen LogP contribution in [0.2, 0.25) is 0 Å². The number of alkyl carbamates (subject to hydrolysis) is 1. The van der Waals surface area contributed by atoms with Crippen molar-refractivity contribution < 1.29 is 33.5 Å². The molecule has 0 aliphatic carbocycles. The molecule has 1 atom stereocenters. The van der Waals surface area contributed by atoms with Gasteiger partial charge in [-0.25, -0.2) is 9.59 Å². The first kappa shape index (κ1) is 23.0. The van der Waals surface area contributed by atoms with Crippen LogP contribution >= 0.6 is 0 Å². The smallest absolute Gasteiger partial charge is 0.408 e. The lowest BCUT2D eigenvalue weighted by Gasteiger charge is -2.23. The molecular weight excluding hydrogens is 416 g/mol. The average molecular weight is 440 g/mol. The fraction of sp³-hybridized carbons (Fsp3) is 0.304. The molecule has 2 aromatic rings. The van der Waals surface area contributed by atoms with Crippen LogP contribution in [-0.4, -0.2) is 47.2 Å². The van der Waals surface area contributed by atoms with Gasteiger partial charge in [-0.1, -0.05) is 47.5 Å². The van der Waals surface area contributed by atoms with Gasteiger partial charge in [0.2, 0.25) is 0 Å². The van der Waals surface area contributed by atoms with E-state index in [0.717, 1.165) is 5.56 Å². The quantitative estimate of drug-likeness (QED) is 0.659. The van der Waals surface area contributed by atoms with E-state index in [1.165, 1.54) is 12.1 Å². The first-order valence-corrected chi connectivity index (χ1v) is 9.96. The minimum Gasteiger partial charge on any atom is -0.444 e. The van der Waals surface area contributed by atoms with Crippen molar-refractivity contribution in [1.82, 2.24) is 10.4 Å². The van der Waals surface area contributed by atoms with Gasteiger partial charge in [0.25, 0.3) is 11.8 Å². The SMILES string of the molecule is CC(C)(C)OC(=O)N[C@H](COCc1ccccc1)C(=O)ON1C(=O)c2ccccc2C1=O. The number of ether oxygens (including phenoxy) is 2. The lowest BCUT2D eigenvalue weighted by atomic mass is 10.1. The summed E-state index contributed by atoms with van der Waals surface area (Å²) < 4.78 is 10.7. The fourth-order valence-corrected chi connectivity index (χ4v) is 2.89. The Hall–Kier alpha value is -3.72. The molecule has 0 fully saturated rings. The average Bonchev–Trinajstić information content (AvgIpc) is 2.97. The molecule has 1 aliphatic rings. The summed E-state index contributed by atoms with van der Waals surface area (Å²) in [4.78, 5) is 54.9. The van der Waals surface area contributed by atoms with Crippen molar-refractivity contribution in [3.63, 3.8) is 0 Å². The largest absolute Gasteiger partial charge is 0.444 e. The van der Waals surface area contributed by atoms with Gasteiger partial charge < -0.3 is 19.6 Å². The molecule has 0 unspecified atom stereocenters. The Balaban J connectivity index is 1.68. The first-order chi connectivity index (χ1) is 15.2. The molecule has 168 valence electrons. The molecule has 1 aliphatic heterocycles. The number of rotatable bonds is 7. The fourth-order valence-electron chi connectivity index (χ4n) is 2.89. The molecular formula is C23H24N2O7. The van der Waals surface area contributed by atoms with Gasteiger partial charge in [0.15, 0.2) is 6.04 Å². The predicted octanol–water partition coefficient (Wildman–Crippen LogP) is 2.85. The number of hydrogen-bond donors (Lipinski definition) is 1. The predicted molar refractivity (Wildman–Crippen MR) is 112 cm³/mol. The molecule has 0 spiro atoms. The maximum Gasteiger partial charge on any atom is 0.408 e. The standard InChI is InChI=1S/C23H24N2O7/c1-23(2,3)31-22(29)24-18(14-30-13-15-9-5-4-6-10-15)21(28)32-25-19(26)16-11-7-8-12-17(16)20(25)27/h4-12,18H,13-14H2,1-3H3,(H,24,29)/t18-/m1/s1. The summed E-state index contributed by atoms with van der Waals surface area (Å²) in [6.45, 7) is 4.92. The summed E-state index contributed by atoms with van der Waals surface area (Å²) in [6, 6.07) is 14.0. The number of carbonyl (C=O) groups is 4. The zero-order chi connectivity index (χ0) is 23.3. The molecule has 32 heavy (non-hydrogen) atoms. The van der Waals surface area contributed by atoms with Crippen LogP contribution in [0.3, 0.4) is 0 Å². The van der Waals surface area contributed by atoms with Gasteiger partial charge in [-0.15, -0.1) is 0 Å². The molecule has 0 bridgehead atoms. The molecule has 9 nitrogen and oxygen atoms in total. The van der Waals surface area contributed by atoms with Gasteiger partial charge in [-0.3, -0.25) is 9.59 Å². The topological polar surface area (TPSA) is 111 Å². The minimum absolute atomic E-state index is 0.127. The molecule has 0 saturated carbocycles. The third-order valence-electron chi connectivity index (χ3n) is 4.31. The van der Waals surface area contributed by atoms with Crippen molar-refractivity contribution in [2.75, 3.05) is 6.61 Å². The van der Waals surface area contributed by atoms with Crippen LogP contribution in [-0.2, 0) is 25.7 Å². The van der Waals surface area contributed by atoms with E-state index in [1.54, 1.807) is 32.9 Å². The zero-order valence-corrected chi connectivity index (χ0v) is 18.0. The molecule has 3 rings (SSSR count). The number of amides is 3. The van der Waals surface area contributed by atoms with Gasteiger partial charge in [0.1, 0.15) is 5.60 Å². The Bertz CT molecular complexity index is 980. The molecule has 1 N–H and O–H groups in total. The molecule has 0 saturated heterocycles. The van der Waals surface area contributed by atoms with Crippen LogP contribution in [0.4, 0.5) is 4.79 Å². The molecule has 2 aromatic carbocycles. The molecule has 3 amide bonds. The van der Waals surface area contributed by atoms with Crippen LogP contribution in [0.1, 0.15) is 47.1 Å². The number of hydrogen-bond acceptors (Lipinski definition) is 7. The molecule has 0 aromatic heterocycles. The summed E-state index contributed by atoms with van der Waals surface area (Å²) in [5.41, 5.74) is 0.313. The van der Waals surface area contributed by atoms with Crippen molar-refractivity contribution in [3.05, 3.63) is 71.3 Å². The van der Waals surface area contributed by atoms with E-state index >= 15 is 0 Å². The van der Waals surface area contributed by atoms with Crippen molar-refractivity contribution in [1.29, 1.82) is 0 Å². The summed E-state index contributed by atoms with van der Waals surface area (Å²) in [5, 5.41) is 2.76. The highest BCUT2D eigenvalue weighted by Crippen LogP contribution is 2.23. The van der Waals surface area contributed by atoms with Gasteiger partial charge in [-0.05, 0) is 38.5 Å². The van der Waals surface area contributed by atoms with E-state index in [-0.39, 0.29) is 24.3 Å². The minimum atomic E-state index is -1.32. The second-order valence-electron chi connectivity index (χ2n) is 8.06. The van der Waals surface area contributed by atoms with Gasteiger partial charge >= 0.3 is 12.1 Å². The van der Waals surface area contributed by atoms with Crippen LogP contribution < -0.4 is 5.32 Å². The van der Waals surface area contributed by atoms with Crippen molar-refractivity contribution in [3.8, 4) is 0 Å². The van der Waals surface area contributed by atoms with Crippen molar-refractivity contribution >= 4 is 23.9 Å². The van der Waals surface area contributed by atoms with Gasteiger partial charge in [0, 0.05) is 0 Å². The summed E-state index contributed by atoms with van der Waals surface area (Å²) in [7, 11) is 0. The van der Waals surface area contributed by atoms with Crippen LogP contribution in [0.15, 0.2) is 54.6 Å². The number of fused-ring (bicyclic) bond motifs is 1. The van der Waals surface area contributed by atoms with Crippen molar-refractivity contribution in [2.45, 2.75) is 39.0 Å². The molecule has 9 heteroatoms. The lowest BCUT2D eigenvalue weighted by Crippen LogP contribution is -2.49. The van der Waals surface area contributed by atoms with E-state index in [0.29, 0.717) is 5.06 Å². The number of hydroxylamine groups is 2. The van der Waals surface area contributed by atoms with E-state index in [9.17, 15) is 19.2 Å². The number of benzene rings is 2. The summed E-state index contributed by atoms with van der Waals surface area (Å²) >= 11 is 0. The number of imide groups is 1. The number of nitrogens with one attached hydrogen (secondary N) is 1. The Morgan fingerprint density at radius 3 is 2.06 bits per heavy atom.